The van der Waals surface area contributed by atoms with E-state index in [1.807, 2.05) is 18.2 Å². The first kappa shape index (κ1) is 21.8. The molecule has 6 heteroatoms. The molecule has 0 radical (unpaired) electrons. The molecule has 0 aromatic heterocycles. The number of hydrogen-bond acceptors (Lipinski definition) is 4. The van der Waals surface area contributed by atoms with Crippen LogP contribution in [0, 0.1) is 0 Å². The molecule has 0 spiro atoms. The summed E-state index contributed by atoms with van der Waals surface area (Å²) >= 11 is 0. The molecular formula is C23H34N2O4. The Labute approximate surface area is 173 Å². The number of amides is 2. The Hall–Kier alpha value is -1.92. The fourth-order valence-electron chi connectivity index (χ4n) is 4.79. The van der Waals surface area contributed by atoms with Gasteiger partial charge in [-0.2, -0.15) is 0 Å². The van der Waals surface area contributed by atoms with Crippen LogP contribution < -0.4 is 5.32 Å². The molecule has 0 bridgehead atoms. The lowest BCUT2D eigenvalue weighted by Crippen LogP contribution is -2.49. The third-order valence-electron chi connectivity index (χ3n) is 6.64. The second kappa shape index (κ2) is 9.72. The smallest absolute Gasteiger partial charge is 0.251 e. The number of carbonyl (C=O) groups is 2. The molecule has 29 heavy (non-hydrogen) atoms. The minimum Gasteiger partial charge on any atom is -0.391 e. The van der Waals surface area contributed by atoms with Crippen LogP contribution in [-0.4, -0.2) is 60.3 Å². The number of benzene rings is 1. The first-order valence-corrected chi connectivity index (χ1v) is 10.8. The van der Waals surface area contributed by atoms with Crippen molar-refractivity contribution in [2.24, 2.45) is 0 Å². The Morgan fingerprint density at radius 3 is 2.55 bits per heavy atom. The van der Waals surface area contributed by atoms with Gasteiger partial charge in [-0.3, -0.25) is 9.59 Å². The van der Waals surface area contributed by atoms with Crippen LogP contribution in [0.1, 0.15) is 57.4 Å². The lowest BCUT2D eigenvalue weighted by atomic mass is 9.74. The number of hydrogen-bond donors (Lipinski definition) is 2. The number of nitrogens with zero attached hydrogens (tertiary/aromatic N) is 1. The number of ether oxygens (including phenoxy) is 1. The van der Waals surface area contributed by atoms with E-state index in [0.717, 1.165) is 32.1 Å². The third-order valence-corrected chi connectivity index (χ3v) is 6.64. The minimum absolute atomic E-state index is 0.0252. The predicted molar refractivity (Wildman–Crippen MR) is 111 cm³/mol. The highest BCUT2D eigenvalue weighted by Crippen LogP contribution is 2.39. The molecule has 4 atom stereocenters. The summed E-state index contributed by atoms with van der Waals surface area (Å²) in [5, 5.41) is 13.9. The zero-order valence-electron chi connectivity index (χ0n) is 17.6. The Kier molecular flexibility index (Phi) is 7.30. The predicted octanol–water partition coefficient (Wildman–Crippen LogP) is 2.39. The highest BCUT2D eigenvalue weighted by Gasteiger charge is 2.41. The maximum absolute atomic E-state index is 12.9. The minimum atomic E-state index is -0.588. The van der Waals surface area contributed by atoms with Gasteiger partial charge >= 0.3 is 0 Å². The fourth-order valence-corrected chi connectivity index (χ4v) is 4.79. The Morgan fingerprint density at radius 2 is 1.90 bits per heavy atom. The molecule has 1 saturated carbocycles. The van der Waals surface area contributed by atoms with Crippen LogP contribution in [0.5, 0.6) is 0 Å². The van der Waals surface area contributed by atoms with E-state index >= 15 is 0 Å². The monoisotopic (exact) mass is 402 g/mol. The van der Waals surface area contributed by atoms with E-state index in [0.29, 0.717) is 26.0 Å². The average molecular weight is 403 g/mol. The van der Waals surface area contributed by atoms with Gasteiger partial charge in [-0.1, -0.05) is 30.3 Å². The van der Waals surface area contributed by atoms with Gasteiger partial charge in [0.2, 0.25) is 5.91 Å². The lowest BCUT2D eigenvalue weighted by molar-refractivity contribution is -0.149. The second-order valence-corrected chi connectivity index (χ2v) is 8.57. The molecule has 1 aromatic carbocycles. The van der Waals surface area contributed by atoms with Crippen molar-refractivity contribution in [3.05, 3.63) is 35.9 Å². The summed E-state index contributed by atoms with van der Waals surface area (Å²) in [5.41, 5.74) is 0.930. The summed E-state index contributed by atoms with van der Waals surface area (Å²) in [6.45, 7) is 2.70. The molecule has 1 aliphatic heterocycles. The van der Waals surface area contributed by atoms with Crippen LogP contribution in [0.3, 0.4) is 0 Å². The van der Waals surface area contributed by atoms with Gasteiger partial charge in [0.05, 0.1) is 12.1 Å². The van der Waals surface area contributed by atoms with Crippen LogP contribution in [0.2, 0.25) is 0 Å². The molecule has 6 nitrogen and oxygen atoms in total. The van der Waals surface area contributed by atoms with Gasteiger partial charge in [0.1, 0.15) is 6.10 Å². The van der Waals surface area contributed by atoms with Crippen LogP contribution >= 0.6 is 0 Å². The third kappa shape index (κ3) is 5.17. The van der Waals surface area contributed by atoms with Gasteiger partial charge in [0.15, 0.2) is 0 Å². The molecule has 2 N–H and O–H groups in total. The first-order valence-electron chi connectivity index (χ1n) is 10.8. The standard InChI is InChI=1S/C23H34N2O4/c1-17(26)24-16-23(18-8-4-3-5-9-18)13-11-19(20(27)12-14-23)25(2)22(28)21-10-6-7-15-29-21/h3-5,8-9,19-21,27H,6-7,10-16H2,1-2H3,(H,24,26)/t19-,20-,21?,23+/m0/s1. The first-order chi connectivity index (χ1) is 13.9. The van der Waals surface area contributed by atoms with Crippen molar-refractivity contribution >= 4 is 11.8 Å². The topological polar surface area (TPSA) is 78.9 Å². The molecule has 1 aromatic rings. The zero-order valence-corrected chi connectivity index (χ0v) is 17.6. The number of likely N-dealkylation sites (N-methyl/N-ethyl adjacent to an activating group) is 1. The van der Waals surface area contributed by atoms with Gasteiger partial charge in [-0.25, -0.2) is 0 Å². The number of aliphatic hydroxyl groups is 1. The van der Waals surface area contributed by atoms with E-state index < -0.39 is 6.10 Å². The van der Waals surface area contributed by atoms with Gasteiger partial charge in [-0.15, -0.1) is 0 Å². The average Bonchev–Trinajstić information content (AvgIpc) is 2.92. The zero-order chi connectivity index (χ0) is 20.9. The summed E-state index contributed by atoms with van der Waals surface area (Å²) in [6, 6.07) is 9.97. The summed E-state index contributed by atoms with van der Waals surface area (Å²) in [6.07, 6.45) is 4.61. The molecule has 1 heterocycles. The maximum atomic E-state index is 12.9. The highest BCUT2D eigenvalue weighted by molar-refractivity contribution is 5.81. The van der Waals surface area contributed by atoms with Crippen LogP contribution in [-0.2, 0) is 19.7 Å². The Balaban J connectivity index is 1.77. The van der Waals surface area contributed by atoms with E-state index in [-0.39, 0.29) is 29.4 Å². The normalized spacial score (nSPS) is 30.2. The van der Waals surface area contributed by atoms with E-state index in [1.54, 1.807) is 11.9 Å². The lowest BCUT2D eigenvalue weighted by Gasteiger charge is -2.35. The molecular weight excluding hydrogens is 368 g/mol. The van der Waals surface area contributed by atoms with Gasteiger partial charge in [0.25, 0.3) is 5.91 Å². The summed E-state index contributed by atoms with van der Waals surface area (Å²) < 4.78 is 5.67. The largest absolute Gasteiger partial charge is 0.391 e. The van der Waals surface area contributed by atoms with Crippen molar-refractivity contribution in [2.75, 3.05) is 20.2 Å². The van der Waals surface area contributed by atoms with Crippen molar-refractivity contribution in [2.45, 2.75) is 75.5 Å². The number of aliphatic hydroxyl groups excluding tert-OH is 1. The fraction of sp³-hybridized carbons (Fsp3) is 0.652. The molecule has 1 unspecified atom stereocenters. The van der Waals surface area contributed by atoms with Crippen molar-refractivity contribution < 1.29 is 19.4 Å². The summed E-state index contributed by atoms with van der Waals surface area (Å²) in [5.74, 6) is -0.0776. The summed E-state index contributed by atoms with van der Waals surface area (Å²) in [7, 11) is 1.79. The Bertz CT molecular complexity index is 689. The van der Waals surface area contributed by atoms with E-state index in [4.69, 9.17) is 4.74 Å². The molecule has 2 fully saturated rings. The highest BCUT2D eigenvalue weighted by atomic mass is 16.5. The van der Waals surface area contributed by atoms with E-state index in [9.17, 15) is 14.7 Å². The van der Waals surface area contributed by atoms with Crippen LogP contribution in [0.4, 0.5) is 0 Å². The van der Waals surface area contributed by atoms with Gasteiger partial charge < -0.3 is 20.1 Å². The second-order valence-electron chi connectivity index (χ2n) is 8.57. The summed E-state index contributed by atoms with van der Waals surface area (Å²) in [4.78, 5) is 26.3. The Morgan fingerprint density at radius 1 is 1.17 bits per heavy atom. The molecule has 160 valence electrons. The number of rotatable bonds is 5. The van der Waals surface area contributed by atoms with Crippen LogP contribution in [0.25, 0.3) is 0 Å². The van der Waals surface area contributed by atoms with Crippen molar-refractivity contribution in [1.29, 1.82) is 0 Å². The molecule has 1 saturated heterocycles. The van der Waals surface area contributed by atoms with Crippen molar-refractivity contribution in [3.63, 3.8) is 0 Å². The molecule has 1 aliphatic carbocycles. The molecule has 3 rings (SSSR count). The van der Waals surface area contributed by atoms with Crippen molar-refractivity contribution in [3.8, 4) is 0 Å². The number of nitrogens with one attached hydrogen (secondary N) is 1. The van der Waals surface area contributed by atoms with E-state index in [2.05, 4.69) is 17.4 Å². The van der Waals surface area contributed by atoms with Gasteiger partial charge in [-0.05, 0) is 50.5 Å². The SMILES string of the molecule is CC(=O)NC[C@]1(c2ccccc2)CC[C@H](O)[C@@H](N(C)C(=O)C2CCCCO2)CC1. The number of carbonyl (C=O) groups excluding carboxylic acids is 2. The quantitative estimate of drug-likeness (QED) is 0.742. The maximum Gasteiger partial charge on any atom is 0.251 e. The molecule has 2 amide bonds. The molecule has 2 aliphatic rings. The van der Waals surface area contributed by atoms with Crippen molar-refractivity contribution in [1.82, 2.24) is 10.2 Å². The van der Waals surface area contributed by atoms with E-state index in [1.165, 1.54) is 12.5 Å². The van der Waals surface area contributed by atoms with Gasteiger partial charge in [0, 0.05) is 32.5 Å². The van der Waals surface area contributed by atoms with Crippen LogP contribution in [0.15, 0.2) is 30.3 Å².